The van der Waals surface area contributed by atoms with Crippen LogP contribution in [0.25, 0.3) is 0 Å². The summed E-state index contributed by atoms with van der Waals surface area (Å²) in [5.41, 5.74) is 0.133. The van der Waals surface area contributed by atoms with Crippen molar-refractivity contribution in [1.82, 2.24) is 14.7 Å². The van der Waals surface area contributed by atoms with Gasteiger partial charge in [-0.15, -0.1) is 0 Å². The zero-order chi connectivity index (χ0) is 16.6. The van der Waals surface area contributed by atoms with Gasteiger partial charge >= 0.3 is 12.1 Å². The first-order valence-electron chi connectivity index (χ1n) is 5.77. The highest BCUT2D eigenvalue weighted by Gasteiger charge is 2.41. The van der Waals surface area contributed by atoms with E-state index in [-0.39, 0.29) is 11.7 Å². The van der Waals surface area contributed by atoms with Crippen LogP contribution in [0.4, 0.5) is 13.2 Å². The Hall–Kier alpha value is -1.62. The van der Waals surface area contributed by atoms with Crippen LogP contribution in [-0.4, -0.2) is 42.2 Å². The summed E-state index contributed by atoms with van der Waals surface area (Å²) in [5.74, 6) is -2.03. The van der Waals surface area contributed by atoms with Gasteiger partial charge in [0.05, 0.1) is 12.2 Å². The van der Waals surface area contributed by atoms with Crippen LogP contribution in [0.3, 0.4) is 0 Å². The highest BCUT2D eigenvalue weighted by Crippen LogP contribution is 2.21. The molecule has 1 heterocycles. The van der Waals surface area contributed by atoms with E-state index in [0.717, 1.165) is 13.1 Å². The van der Waals surface area contributed by atoms with Crippen LogP contribution in [0, 0.1) is 0 Å². The molecule has 0 aliphatic carbocycles. The first-order chi connectivity index (χ1) is 9.34. The molecule has 0 aromatic carbocycles. The molecule has 0 radical (unpaired) electrons. The van der Waals surface area contributed by atoms with E-state index >= 15 is 0 Å². The largest absolute Gasteiger partial charge is 0.471 e. The Labute approximate surface area is 119 Å². The van der Waals surface area contributed by atoms with Gasteiger partial charge in [0, 0.05) is 19.2 Å². The normalized spacial score (nSPS) is 12.8. The van der Waals surface area contributed by atoms with Gasteiger partial charge in [0.15, 0.2) is 5.03 Å². The molecular formula is C10H15F3N4O3S. The molecule has 120 valence electrons. The van der Waals surface area contributed by atoms with Crippen molar-refractivity contribution in [3.05, 3.63) is 11.8 Å². The maximum Gasteiger partial charge on any atom is 0.471 e. The van der Waals surface area contributed by atoms with Crippen molar-refractivity contribution in [2.75, 3.05) is 7.05 Å². The Morgan fingerprint density at radius 2 is 2.00 bits per heavy atom. The highest BCUT2D eigenvalue weighted by atomic mass is 32.2. The lowest BCUT2D eigenvalue weighted by Crippen LogP contribution is -2.38. The molecule has 1 rings (SSSR count). The number of hydrogen-bond acceptors (Lipinski definition) is 4. The molecule has 11 heteroatoms. The molecule has 1 aromatic rings. The van der Waals surface area contributed by atoms with E-state index in [2.05, 4.69) is 5.10 Å². The van der Waals surface area contributed by atoms with Gasteiger partial charge < -0.3 is 4.90 Å². The maximum atomic E-state index is 12.3. The van der Waals surface area contributed by atoms with Crippen molar-refractivity contribution in [3.63, 3.8) is 0 Å². The fourth-order valence-corrected chi connectivity index (χ4v) is 2.15. The second-order valence-electron chi connectivity index (χ2n) is 4.72. The number of sulfonamides is 1. The summed E-state index contributed by atoms with van der Waals surface area (Å²) in [5, 5.41) is 8.22. The molecule has 0 saturated heterocycles. The van der Waals surface area contributed by atoms with Gasteiger partial charge in [0.1, 0.15) is 0 Å². The lowest BCUT2D eigenvalue weighted by Gasteiger charge is -2.20. The van der Waals surface area contributed by atoms with Crippen LogP contribution < -0.4 is 5.14 Å². The smallest absolute Gasteiger partial charge is 0.332 e. The van der Waals surface area contributed by atoms with Crippen molar-refractivity contribution in [2.45, 2.75) is 37.6 Å². The van der Waals surface area contributed by atoms with Crippen molar-refractivity contribution in [3.8, 4) is 0 Å². The Balaban J connectivity index is 3.13. The van der Waals surface area contributed by atoms with Crippen LogP contribution in [0.5, 0.6) is 0 Å². The van der Waals surface area contributed by atoms with Crippen LogP contribution in [0.15, 0.2) is 11.1 Å². The Bertz CT molecular complexity index is 636. The van der Waals surface area contributed by atoms with Gasteiger partial charge in [0.25, 0.3) is 10.0 Å². The van der Waals surface area contributed by atoms with E-state index in [4.69, 9.17) is 5.14 Å². The Morgan fingerprint density at radius 3 is 2.38 bits per heavy atom. The first kappa shape index (κ1) is 17.4. The molecule has 0 atom stereocenters. The van der Waals surface area contributed by atoms with Crippen molar-refractivity contribution >= 4 is 15.9 Å². The van der Waals surface area contributed by atoms with E-state index in [1.54, 1.807) is 13.8 Å². The number of carbonyl (C=O) groups is 1. The van der Waals surface area contributed by atoms with E-state index in [1.807, 2.05) is 0 Å². The first-order valence-corrected chi connectivity index (χ1v) is 7.32. The number of nitrogens with two attached hydrogens (primary N) is 1. The molecule has 0 spiro atoms. The fraction of sp³-hybridized carbons (Fsp3) is 0.600. The molecule has 0 aliphatic rings. The van der Waals surface area contributed by atoms with Gasteiger partial charge in [0.2, 0.25) is 0 Å². The number of nitrogens with zero attached hydrogens (tertiary/aromatic N) is 3. The van der Waals surface area contributed by atoms with Gasteiger partial charge in [-0.2, -0.15) is 18.3 Å². The van der Waals surface area contributed by atoms with Crippen molar-refractivity contribution in [2.24, 2.45) is 5.14 Å². The summed E-state index contributed by atoms with van der Waals surface area (Å²) in [6, 6.07) is 0.736. The molecule has 1 aromatic heterocycles. The van der Waals surface area contributed by atoms with E-state index < -0.39 is 33.7 Å². The summed E-state index contributed by atoms with van der Waals surface area (Å²) < 4.78 is 60.7. The molecule has 7 nitrogen and oxygen atoms in total. The molecule has 1 amide bonds. The zero-order valence-electron chi connectivity index (χ0n) is 11.5. The third-order valence-corrected chi connectivity index (χ3v) is 3.34. The minimum atomic E-state index is -5.00. The highest BCUT2D eigenvalue weighted by molar-refractivity contribution is 7.89. The maximum absolute atomic E-state index is 12.3. The number of rotatable bonds is 4. The lowest BCUT2D eigenvalue weighted by atomic mass is 10.3. The molecule has 0 bridgehead atoms. The van der Waals surface area contributed by atoms with E-state index in [0.29, 0.717) is 4.90 Å². The second-order valence-corrected chi connectivity index (χ2v) is 6.22. The summed E-state index contributed by atoms with van der Waals surface area (Å²) in [4.78, 5) is 11.5. The van der Waals surface area contributed by atoms with Crippen LogP contribution in [0.2, 0.25) is 0 Å². The quantitative estimate of drug-likeness (QED) is 0.876. The molecule has 0 fully saturated rings. The summed E-state index contributed by atoms with van der Waals surface area (Å²) >= 11 is 0. The third-order valence-electron chi connectivity index (χ3n) is 2.56. The van der Waals surface area contributed by atoms with Gasteiger partial charge in [-0.3, -0.25) is 9.48 Å². The molecule has 0 saturated carbocycles. The van der Waals surface area contributed by atoms with Crippen LogP contribution >= 0.6 is 0 Å². The lowest BCUT2D eigenvalue weighted by molar-refractivity contribution is -0.184. The average molecular weight is 328 g/mol. The Morgan fingerprint density at radius 1 is 1.48 bits per heavy atom. The summed E-state index contributed by atoms with van der Waals surface area (Å²) in [7, 11) is -3.12. The standard InChI is InChI=1S/C10H15F3N4O3S/c1-6(2)17-7(4-8(15-17)21(14,19)20)5-16(3)9(18)10(11,12)13/h4,6H,5H2,1-3H3,(H2,14,19,20). The predicted octanol–water partition coefficient (Wildman–Crippen LogP) is 0.632. The SMILES string of the molecule is CC(C)n1nc(S(N)(=O)=O)cc1CN(C)C(=O)C(F)(F)F. The number of alkyl halides is 3. The fourth-order valence-electron chi connectivity index (χ4n) is 1.64. The molecular weight excluding hydrogens is 313 g/mol. The second kappa shape index (κ2) is 5.64. The molecule has 21 heavy (non-hydrogen) atoms. The number of primary sulfonamides is 1. The van der Waals surface area contributed by atoms with Gasteiger partial charge in [-0.25, -0.2) is 13.6 Å². The van der Waals surface area contributed by atoms with Gasteiger partial charge in [-0.05, 0) is 13.8 Å². The summed E-state index contributed by atoms with van der Waals surface area (Å²) in [6.07, 6.45) is -5.00. The third kappa shape index (κ3) is 4.17. The number of hydrogen-bond donors (Lipinski definition) is 1. The summed E-state index contributed by atoms with van der Waals surface area (Å²) in [6.45, 7) is 2.88. The molecule has 0 aliphatic heterocycles. The minimum absolute atomic E-state index is 0.133. The zero-order valence-corrected chi connectivity index (χ0v) is 12.4. The predicted molar refractivity (Wildman–Crippen MR) is 66.5 cm³/mol. The van der Waals surface area contributed by atoms with E-state index in [9.17, 15) is 26.4 Å². The van der Waals surface area contributed by atoms with E-state index in [1.165, 1.54) is 4.68 Å². The molecule has 0 unspecified atom stereocenters. The van der Waals surface area contributed by atoms with Crippen LogP contribution in [-0.2, 0) is 21.4 Å². The number of aromatic nitrogens is 2. The van der Waals surface area contributed by atoms with Crippen molar-refractivity contribution in [1.29, 1.82) is 0 Å². The average Bonchev–Trinajstić information content (AvgIpc) is 2.70. The topological polar surface area (TPSA) is 98.3 Å². The Kier molecular flexibility index (Phi) is 4.68. The minimum Gasteiger partial charge on any atom is -0.332 e. The van der Waals surface area contributed by atoms with Crippen molar-refractivity contribution < 1.29 is 26.4 Å². The van der Waals surface area contributed by atoms with Gasteiger partial charge in [-0.1, -0.05) is 0 Å². The monoisotopic (exact) mass is 328 g/mol. The number of halogens is 3. The molecule has 2 N–H and O–H groups in total. The number of carbonyl (C=O) groups excluding carboxylic acids is 1. The van der Waals surface area contributed by atoms with Crippen LogP contribution in [0.1, 0.15) is 25.6 Å². The number of amides is 1.